The minimum atomic E-state index is -0.424. The zero-order valence-corrected chi connectivity index (χ0v) is 16.8. The van der Waals surface area contributed by atoms with Crippen LogP contribution in [-0.4, -0.2) is 33.2 Å². The summed E-state index contributed by atoms with van der Waals surface area (Å²) in [5, 5.41) is 3.28. The summed E-state index contributed by atoms with van der Waals surface area (Å²) in [7, 11) is 0. The van der Waals surface area contributed by atoms with Crippen LogP contribution in [0.25, 0.3) is 0 Å². The Hall–Kier alpha value is -2.60. The average Bonchev–Trinajstić information content (AvgIpc) is 3.45. The molecule has 1 heterocycles. The molecule has 0 bridgehead atoms. The van der Waals surface area contributed by atoms with Crippen molar-refractivity contribution in [2.75, 3.05) is 5.32 Å². The molecule has 1 atom stereocenters. The van der Waals surface area contributed by atoms with Crippen LogP contribution in [0.15, 0.2) is 53.5 Å². The summed E-state index contributed by atoms with van der Waals surface area (Å²) in [5.41, 5.74) is 3.69. The summed E-state index contributed by atoms with van der Waals surface area (Å²) >= 11 is 1.40. The van der Waals surface area contributed by atoms with E-state index in [1.807, 2.05) is 62.4 Å². The number of aliphatic imine (C=N–C) groups is 1. The molecule has 1 aliphatic heterocycles. The quantitative estimate of drug-likeness (QED) is 0.818. The second-order valence-electron chi connectivity index (χ2n) is 7.29. The third-order valence-corrected chi connectivity index (χ3v) is 6.13. The van der Waals surface area contributed by atoms with Crippen LogP contribution in [0.2, 0.25) is 0 Å². The van der Waals surface area contributed by atoms with Crippen molar-refractivity contribution in [3.05, 3.63) is 59.7 Å². The van der Waals surface area contributed by atoms with E-state index < -0.39 is 5.25 Å². The van der Waals surface area contributed by atoms with Crippen molar-refractivity contribution in [3.8, 4) is 0 Å². The van der Waals surface area contributed by atoms with E-state index in [0.717, 1.165) is 35.3 Å². The molecule has 0 unspecified atom stereocenters. The van der Waals surface area contributed by atoms with E-state index in [4.69, 9.17) is 0 Å². The standard InChI is InChI=1S/C22H23N3O2S/c1-14-7-6-8-15(2)20(14)24-19(26)13-18-21(27)25(17-11-12-17)22(28-18)23-16-9-4-3-5-10-16/h3-10,17-18H,11-13H2,1-2H3,(H,24,26)/t18-/m1/s1. The number of para-hydroxylation sites is 2. The van der Waals surface area contributed by atoms with Gasteiger partial charge in [0, 0.05) is 18.2 Å². The molecule has 5 nitrogen and oxygen atoms in total. The van der Waals surface area contributed by atoms with Gasteiger partial charge in [-0.2, -0.15) is 0 Å². The Balaban J connectivity index is 1.50. The van der Waals surface area contributed by atoms with E-state index in [-0.39, 0.29) is 24.3 Å². The fourth-order valence-electron chi connectivity index (χ4n) is 3.35. The Labute approximate surface area is 169 Å². The Morgan fingerprint density at radius 3 is 2.43 bits per heavy atom. The molecule has 1 N–H and O–H groups in total. The summed E-state index contributed by atoms with van der Waals surface area (Å²) in [4.78, 5) is 32.1. The van der Waals surface area contributed by atoms with Crippen LogP contribution >= 0.6 is 11.8 Å². The van der Waals surface area contributed by atoms with Crippen molar-refractivity contribution >= 4 is 40.1 Å². The van der Waals surface area contributed by atoms with Crippen molar-refractivity contribution in [2.45, 2.75) is 44.4 Å². The van der Waals surface area contributed by atoms with Crippen LogP contribution in [0.4, 0.5) is 11.4 Å². The van der Waals surface area contributed by atoms with E-state index in [1.165, 1.54) is 11.8 Å². The molecule has 6 heteroatoms. The van der Waals surface area contributed by atoms with Crippen molar-refractivity contribution in [3.63, 3.8) is 0 Å². The SMILES string of the molecule is Cc1cccc(C)c1NC(=O)C[C@H]1SC(=Nc2ccccc2)N(C2CC2)C1=O. The lowest BCUT2D eigenvalue weighted by Gasteiger charge is -2.15. The molecule has 1 saturated heterocycles. The fourth-order valence-corrected chi connectivity index (χ4v) is 4.56. The van der Waals surface area contributed by atoms with E-state index in [0.29, 0.717) is 5.17 Å². The highest BCUT2D eigenvalue weighted by Crippen LogP contribution is 2.39. The minimum Gasteiger partial charge on any atom is -0.326 e. The van der Waals surface area contributed by atoms with Gasteiger partial charge >= 0.3 is 0 Å². The summed E-state index contributed by atoms with van der Waals surface area (Å²) in [6.07, 6.45) is 2.15. The molecular weight excluding hydrogens is 370 g/mol. The highest BCUT2D eigenvalue weighted by Gasteiger charge is 2.46. The lowest BCUT2D eigenvalue weighted by molar-refractivity contribution is -0.128. The van der Waals surface area contributed by atoms with Gasteiger partial charge in [0.1, 0.15) is 5.25 Å². The number of nitrogens with zero attached hydrogens (tertiary/aromatic N) is 2. The highest BCUT2D eigenvalue weighted by atomic mass is 32.2. The highest BCUT2D eigenvalue weighted by molar-refractivity contribution is 8.15. The first kappa shape index (κ1) is 18.7. The van der Waals surface area contributed by atoms with Crippen LogP contribution in [0.3, 0.4) is 0 Å². The van der Waals surface area contributed by atoms with Gasteiger partial charge < -0.3 is 5.32 Å². The van der Waals surface area contributed by atoms with Crippen molar-refractivity contribution in [2.24, 2.45) is 4.99 Å². The Morgan fingerprint density at radius 2 is 1.79 bits per heavy atom. The predicted octanol–water partition coefficient (Wildman–Crippen LogP) is 4.43. The van der Waals surface area contributed by atoms with Gasteiger partial charge in [-0.15, -0.1) is 0 Å². The van der Waals surface area contributed by atoms with Crippen molar-refractivity contribution < 1.29 is 9.59 Å². The molecule has 2 aromatic rings. The summed E-state index contributed by atoms with van der Waals surface area (Å²) in [6.45, 7) is 3.94. The van der Waals surface area contributed by atoms with Crippen LogP contribution < -0.4 is 5.32 Å². The van der Waals surface area contributed by atoms with Gasteiger partial charge in [0.05, 0.1) is 5.69 Å². The number of aryl methyl sites for hydroxylation is 2. The first-order chi connectivity index (χ1) is 13.5. The van der Waals surface area contributed by atoms with Gasteiger partial charge in [0.25, 0.3) is 0 Å². The molecule has 0 aromatic heterocycles. The maximum atomic E-state index is 13.0. The first-order valence-electron chi connectivity index (χ1n) is 9.52. The number of hydrogen-bond donors (Lipinski definition) is 1. The number of amidine groups is 1. The summed E-state index contributed by atoms with van der Waals surface area (Å²) < 4.78 is 0. The van der Waals surface area contributed by atoms with E-state index in [9.17, 15) is 9.59 Å². The molecule has 0 spiro atoms. The molecule has 144 valence electrons. The van der Waals surface area contributed by atoms with E-state index in [1.54, 1.807) is 4.90 Å². The second kappa shape index (κ2) is 7.80. The van der Waals surface area contributed by atoms with Crippen LogP contribution in [0.1, 0.15) is 30.4 Å². The third-order valence-electron chi connectivity index (χ3n) is 4.98. The number of benzene rings is 2. The number of rotatable bonds is 5. The zero-order valence-electron chi connectivity index (χ0n) is 16.0. The Bertz CT molecular complexity index is 918. The second-order valence-corrected chi connectivity index (χ2v) is 8.46. The number of hydrogen-bond acceptors (Lipinski definition) is 4. The third kappa shape index (κ3) is 3.97. The number of anilines is 1. The van der Waals surface area contributed by atoms with E-state index >= 15 is 0 Å². The van der Waals surface area contributed by atoms with Crippen LogP contribution in [0, 0.1) is 13.8 Å². The Morgan fingerprint density at radius 1 is 1.11 bits per heavy atom. The molecule has 2 fully saturated rings. The van der Waals surface area contributed by atoms with Gasteiger partial charge in [-0.25, -0.2) is 4.99 Å². The maximum Gasteiger partial charge on any atom is 0.242 e. The monoisotopic (exact) mass is 393 g/mol. The number of amides is 2. The van der Waals surface area contributed by atoms with Gasteiger partial charge in [-0.1, -0.05) is 48.2 Å². The molecule has 2 amide bonds. The number of thioether (sulfide) groups is 1. The Kier molecular flexibility index (Phi) is 5.22. The molecule has 1 aliphatic carbocycles. The molecule has 4 rings (SSSR count). The molecular formula is C22H23N3O2S. The van der Waals surface area contributed by atoms with Gasteiger partial charge in [0.2, 0.25) is 11.8 Å². The number of nitrogens with one attached hydrogen (secondary N) is 1. The molecule has 2 aliphatic rings. The fraction of sp³-hybridized carbons (Fsp3) is 0.318. The molecule has 0 radical (unpaired) electrons. The first-order valence-corrected chi connectivity index (χ1v) is 10.4. The molecule has 2 aromatic carbocycles. The minimum absolute atomic E-state index is 0.00108. The van der Waals surface area contributed by atoms with Gasteiger partial charge in [-0.05, 0) is 49.9 Å². The topological polar surface area (TPSA) is 61.8 Å². The molecule has 1 saturated carbocycles. The largest absolute Gasteiger partial charge is 0.326 e. The average molecular weight is 394 g/mol. The number of carbonyl (C=O) groups is 2. The summed E-state index contributed by atoms with van der Waals surface area (Å²) in [6, 6.07) is 15.8. The predicted molar refractivity (Wildman–Crippen MR) is 114 cm³/mol. The van der Waals surface area contributed by atoms with Crippen LogP contribution in [-0.2, 0) is 9.59 Å². The van der Waals surface area contributed by atoms with Gasteiger partial charge in [0.15, 0.2) is 5.17 Å². The normalized spacial score (nSPS) is 20.6. The zero-order chi connectivity index (χ0) is 19.7. The van der Waals surface area contributed by atoms with Crippen LogP contribution in [0.5, 0.6) is 0 Å². The van der Waals surface area contributed by atoms with Crippen molar-refractivity contribution in [1.29, 1.82) is 0 Å². The van der Waals surface area contributed by atoms with Crippen molar-refractivity contribution in [1.82, 2.24) is 4.90 Å². The summed E-state index contributed by atoms with van der Waals surface area (Å²) in [5.74, 6) is -0.140. The maximum absolute atomic E-state index is 13.0. The van der Waals surface area contributed by atoms with E-state index in [2.05, 4.69) is 10.3 Å². The lowest BCUT2D eigenvalue weighted by atomic mass is 10.1. The smallest absolute Gasteiger partial charge is 0.242 e. The van der Waals surface area contributed by atoms with Gasteiger partial charge in [-0.3, -0.25) is 14.5 Å². The number of carbonyl (C=O) groups excluding carboxylic acids is 2. The lowest BCUT2D eigenvalue weighted by Crippen LogP contribution is -2.35. The molecule has 28 heavy (non-hydrogen) atoms.